The average Bonchev–Trinajstić information content (AvgIpc) is 1.65. The van der Waals surface area contributed by atoms with Crippen LogP contribution in [0.4, 0.5) is 0 Å². The highest BCUT2D eigenvalue weighted by Crippen LogP contribution is 2.63. The van der Waals surface area contributed by atoms with Gasteiger partial charge < -0.3 is 62.2 Å². The lowest BCUT2D eigenvalue weighted by atomic mass is 9.54. The van der Waals surface area contributed by atoms with E-state index in [0.717, 1.165) is 5.57 Å². The summed E-state index contributed by atoms with van der Waals surface area (Å²) in [5.74, 6) is -11.7. The molecule has 556 valence electrons. The maximum atomic E-state index is 14.7. The molecule has 0 aromatic carbocycles. The van der Waals surface area contributed by atoms with Gasteiger partial charge in [0.05, 0.1) is 24.2 Å². The number of fused-ring (bicyclic) bond motifs is 6. The van der Waals surface area contributed by atoms with Crippen LogP contribution < -0.4 is 0 Å². The molecule has 2 N–H and O–H groups in total. The second kappa shape index (κ2) is 33.3. The Morgan fingerprint density at radius 3 is 2.19 bits per heavy atom. The number of aliphatic hydroxyl groups is 2. The third-order valence-electron chi connectivity index (χ3n) is 23.3. The number of methoxy groups -OCH3 is 3. The van der Waals surface area contributed by atoms with Crippen LogP contribution in [0.5, 0.6) is 0 Å². The Labute approximate surface area is 593 Å². The van der Waals surface area contributed by atoms with Gasteiger partial charge >= 0.3 is 29.8 Å². The molecule has 0 spiro atoms. The molecule has 101 heavy (non-hydrogen) atoms. The number of piperidine rings is 1. The van der Waals surface area contributed by atoms with E-state index in [-0.39, 0.29) is 92.8 Å². The second-order valence-electron chi connectivity index (χ2n) is 30.5. The first-order chi connectivity index (χ1) is 47.9. The zero-order valence-electron chi connectivity index (χ0n) is 61.2. The van der Waals surface area contributed by atoms with E-state index in [2.05, 4.69) is 0 Å². The summed E-state index contributed by atoms with van der Waals surface area (Å²) in [6.07, 6.45) is 11.1. The monoisotopic (exact) mass is 1410 g/mol. The first-order valence-electron chi connectivity index (χ1n) is 36.5. The quantitative estimate of drug-likeness (QED) is 0.0757. The Kier molecular flexibility index (Phi) is 25.9. The number of ketones is 4. The number of furan rings is 1. The zero-order chi connectivity index (χ0) is 73.6. The molecule has 23 nitrogen and oxygen atoms in total. The number of carbonyl (C=O) groups excluding carboxylic acids is 10. The lowest BCUT2D eigenvalue weighted by Crippen LogP contribution is -2.61. The van der Waals surface area contributed by atoms with Crippen molar-refractivity contribution in [2.24, 2.45) is 46.8 Å². The molecule has 18 atom stereocenters. The molecular formula is C78H107NO22. The highest BCUT2D eigenvalue weighted by Gasteiger charge is 2.65. The summed E-state index contributed by atoms with van der Waals surface area (Å²) >= 11 is 0. The molecule has 2 saturated carbocycles. The number of cyclic esters (lactones) is 2. The van der Waals surface area contributed by atoms with Crippen LogP contribution in [0.25, 0.3) is 0 Å². The molecule has 5 heterocycles. The van der Waals surface area contributed by atoms with E-state index in [0.29, 0.717) is 99.3 Å². The second-order valence-corrected chi connectivity index (χ2v) is 30.5. The molecule has 4 aliphatic heterocycles. The minimum atomic E-state index is -2.49. The van der Waals surface area contributed by atoms with Crippen molar-refractivity contribution in [1.29, 1.82) is 0 Å². The molecule has 1 amide bonds. The maximum absolute atomic E-state index is 14.7. The third-order valence-corrected chi connectivity index (χ3v) is 23.3. The summed E-state index contributed by atoms with van der Waals surface area (Å²) in [7, 11) is 4.40. The van der Waals surface area contributed by atoms with Crippen molar-refractivity contribution in [3.63, 3.8) is 0 Å². The van der Waals surface area contributed by atoms with Crippen LogP contribution in [0.1, 0.15) is 218 Å². The van der Waals surface area contributed by atoms with Crippen LogP contribution in [-0.4, -0.2) is 175 Å². The molecule has 4 aliphatic carbocycles. The molecule has 2 saturated heterocycles. The van der Waals surface area contributed by atoms with Crippen molar-refractivity contribution in [2.75, 3.05) is 34.5 Å². The topological polar surface area (TPSA) is 311 Å². The molecule has 1 aromatic rings. The van der Waals surface area contributed by atoms with Gasteiger partial charge in [-0.05, 0) is 157 Å². The van der Waals surface area contributed by atoms with Gasteiger partial charge in [0.2, 0.25) is 11.6 Å². The third kappa shape index (κ3) is 16.9. The van der Waals surface area contributed by atoms with E-state index < -0.39 is 155 Å². The normalized spacial score (nSPS) is 37.7. The van der Waals surface area contributed by atoms with Gasteiger partial charge in [0, 0.05) is 94.8 Å². The van der Waals surface area contributed by atoms with Crippen LogP contribution in [0.15, 0.2) is 69.4 Å². The average molecular weight is 1410 g/mol. The van der Waals surface area contributed by atoms with E-state index in [4.69, 9.17) is 47.0 Å². The van der Waals surface area contributed by atoms with Gasteiger partial charge in [-0.1, -0.05) is 78.0 Å². The van der Waals surface area contributed by atoms with Crippen molar-refractivity contribution >= 4 is 58.9 Å². The number of hydrogen-bond donors (Lipinski definition) is 2. The lowest BCUT2D eigenvalue weighted by Gasteiger charge is -2.52. The molecule has 8 aliphatic rings. The fraction of sp³-hybridized carbons (Fsp3) is 0.692. The Hall–Kier alpha value is -6.76. The Bertz CT molecular complexity index is 3440. The molecular weight excluding hydrogens is 1300 g/mol. The first-order valence-corrected chi connectivity index (χ1v) is 36.5. The number of aliphatic hydroxyl groups excluding tert-OH is 1. The van der Waals surface area contributed by atoms with E-state index in [9.17, 15) is 58.2 Å². The maximum Gasteiger partial charge on any atom is 0.342 e. The van der Waals surface area contributed by atoms with Crippen molar-refractivity contribution in [3.05, 3.63) is 81.9 Å². The van der Waals surface area contributed by atoms with Crippen LogP contribution >= 0.6 is 0 Å². The minimum Gasteiger partial charge on any atom is -0.462 e. The van der Waals surface area contributed by atoms with Crippen LogP contribution in [-0.2, 0) is 86.4 Å². The number of amides is 1. The standard InChI is InChI=1S/C78H107NO22/c1-42-20-15-14-16-21-43(2)57(93-12)37-52-28-25-48(7)78(91,101-52)72(87)73(88)79-33-18-17-22-55(79)75(90)98-58(38-56(81)44(3)35-47(6)68(85)71(94-13)67(84)46(5)34-42)45(4)36-50-26-29-51(30-27-50)97-62(82)23-19-24-63(83)99-60-32-31-54-64-66(59(96-49(8)80)39-76(54,60)9)77(10)61(41-92-11)100-74(89)53-40-95-70(65(53)77)69(64)86/h14-16,20-21,35,40,42,44-46,48,50-52,54-55,57-61,68,71,85,91H,17-19,22-34,36-39,41H2,1-13H3/b16-14+,20-15+,43-21+,47-35+/t42-,44-,45-,46-,48-,50?,51?,52+,54?,55+,57+,58+,59-,60+,61-,68-,71+,76+,77+,78-/m1/s1. The smallest absolute Gasteiger partial charge is 0.342 e. The Balaban J connectivity index is 0.839. The van der Waals surface area contributed by atoms with Crippen molar-refractivity contribution < 1.29 is 105 Å². The fourth-order valence-corrected chi connectivity index (χ4v) is 17.4. The summed E-state index contributed by atoms with van der Waals surface area (Å²) in [5, 5.41) is 23.8. The molecule has 0 radical (unpaired) electrons. The van der Waals surface area contributed by atoms with Gasteiger partial charge in [0.25, 0.3) is 11.7 Å². The van der Waals surface area contributed by atoms with Gasteiger partial charge in [0.1, 0.15) is 66.4 Å². The molecule has 1 unspecified atom stereocenters. The van der Waals surface area contributed by atoms with Crippen LogP contribution in [0.3, 0.4) is 0 Å². The minimum absolute atomic E-state index is 0.00820. The van der Waals surface area contributed by atoms with Gasteiger partial charge in [0.15, 0.2) is 11.5 Å². The summed E-state index contributed by atoms with van der Waals surface area (Å²) in [5.41, 5.74) is 0.621. The number of allylic oxidation sites excluding steroid dienone is 7. The van der Waals surface area contributed by atoms with E-state index >= 15 is 0 Å². The highest BCUT2D eigenvalue weighted by molar-refractivity contribution is 6.39. The first kappa shape index (κ1) is 78.4. The summed E-state index contributed by atoms with van der Waals surface area (Å²) in [6.45, 7) is 17.6. The fourth-order valence-electron chi connectivity index (χ4n) is 17.4. The highest BCUT2D eigenvalue weighted by atomic mass is 16.6. The molecule has 9 rings (SSSR count). The van der Waals surface area contributed by atoms with Crippen molar-refractivity contribution in [3.8, 4) is 0 Å². The number of esters is 5. The van der Waals surface area contributed by atoms with Gasteiger partial charge in [-0.25, -0.2) is 9.59 Å². The van der Waals surface area contributed by atoms with E-state index in [1.807, 2.05) is 65.0 Å². The Morgan fingerprint density at radius 2 is 1.50 bits per heavy atom. The van der Waals surface area contributed by atoms with Crippen molar-refractivity contribution in [2.45, 2.75) is 263 Å². The molecule has 23 heteroatoms. The lowest BCUT2D eigenvalue weighted by molar-refractivity contribution is -0.265. The SMILES string of the molecule is COC[C@H]1OC(=O)c2coc3c2[C@@]1(C)C1=C(C3=O)C2CC[C@H](OC(=O)CCCC(=O)OC3CCC(C[C@@H](C)[C@@H]4CC(=O)[C@H](C)/C=C(\C)[C@@H](O)[C@@H](OC)C(=O)[C@H](C)C[C@H](C)/C=C/C=C/C=C(\C)[C@@H](OC)C[C@@H]5CC[C@@H](C)[C@@](O)(O5)C(=O)C(=O)N5CCCC[C@H]5C(=O)O4)CC3)[C@@]2(C)C[C@H]1OC(C)=O. The number of ether oxygens (including phenoxy) is 9. The summed E-state index contributed by atoms with van der Waals surface area (Å²) < 4.78 is 59.6. The number of carbonyl (C=O) groups is 10. The zero-order valence-corrected chi connectivity index (χ0v) is 61.2. The molecule has 4 fully saturated rings. The van der Waals surface area contributed by atoms with Crippen LogP contribution in [0.2, 0.25) is 0 Å². The van der Waals surface area contributed by atoms with Gasteiger partial charge in [-0.2, -0.15) is 0 Å². The number of rotatable bonds is 14. The number of nitrogens with zero attached hydrogens (tertiary/aromatic N) is 1. The van der Waals surface area contributed by atoms with Crippen molar-refractivity contribution in [1.82, 2.24) is 4.90 Å². The Morgan fingerprint density at radius 1 is 0.792 bits per heavy atom. The summed E-state index contributed by atoms with van der Waals surface area (Å²) in [4.78, 5) is 141. The summed E-state index contributed by atoms with van der Waals surface area (Å²) in [6, 6.07) is -1.22. The van der Waals surface area contributed by atoms with E-state index in [1.54, 1.807) is 40.9 Å². The van der Waals surface area contributed by atoms with Gasteiger partial charge in [-0.15, -0.1) is 0 Å². The van der Waals surface area contributed by atoms with Crippen LogP contribution in [0, 0.1) is 46.8 Å². The van der Waals surface area contributed by atoms with Gasteiger partial charge in [-0.3, -0.25) is 38.4 Å². The largest absolute Gasteiger partial charge is 0.462 e. The number of Topliss-reactive ketones (excluding diaryl/α,β-unsaturated/α-hetero) is 4. The molecule has 2 bridgehead atoms. The molecule has 1 aromatic heterocycles. The predicted octanol–water partition coefficient (Wildman–Crippen LogP) is 10.2. The number of hydrogen-bond acceptors (Lipinski definition) is 22. The predicted molar refractivity (Wildman–Crippen MR) is 366 cm³/mol. The van der Waals surface area contributed by atoms with E-state index in [1.165, 1.54) is 32.3 Å².